The minimum Gasteiger partial charge on any atom is -0.493 e. The summed E-state index contributed by atoms with van der Waals surface area (Å²) in [7, 11) is 3.38. The number of benzene rings is 1. The lowest BCUT2D eigenvalue weighted by molar-refractivity contribution is 0.0703. The molecule has 1 aliphatic heterocycles. The van der Waals surface area contributed by atoms with Gasteiger partial charge in [-0.05, 0) is 45.0 Å². The molecule has 1 amide bonds. The number of hydrogen-bond donors (Lipinski definition) is 1. The summed E-state index contributed by atoms with van der Waals surface area (Å²) in [5, 5.41) is 3.69. The molecule has 0 aliphatic carbocycles. The van der Waals surface area contributed by atoms with Crippen molar-refractivity contribution in [2.45, 2.75) is 25.8 Å². The lowest BCUT2D eigenvalue weighted by Gasteiger charge is -2.31. The Morgan fingerprint density at radius 1 is 1.39 bits per heavy atom. The van der Waals surface area contributed by atoms with Crippen LogP contribution in [0.25, 0.3) is 0 Å². The topological polar surface area (TPSA) is 50.8 Å². The highest BCUT2D eigenvalue weighted by Crippen LogP contribution is 2.36. The van der Waals surface area contributed by atoms with E-state index in [2.05, 4.69) is 5.32 Å². The van der Waals surface area contributed by atoms with Gasteiger partial charge < -0.3 is 19.7 Å². The molecule has 1 N–H and O–H groups in total. The molecular formula is C16H24Cl2N2O3. The number of methoxy groups -OCH3 is 1. The van der Waals surface area contributed by atoms with Crippen molar-refractivity contribution in [3.63, 3.8) is 0 Å². The molecule has 0 radical (unpaired) electrons. The van der Waals surface area contributed by atoms with Gasteiger partial charge in [-0.15, -0.1) is 12.4 Å². The van der Waals surface area contributed by atoms with Crippen LogP contribution in [0, 0.1) is 0 Å². The van der Waals surface area contributed by atoms with Crippen LogP contribution in [0.1, 0.15) is 30.1 Å². The van der Waals surface area contributed by atoms with E-state index in [1.165, 1.54) is 0 Å². The Bertz CT molecular complexity index is 534. The fraction of sp³-hybridized carbons (Fsp3) is 0.562. The number of hydrogen-bond acceptors (Lipinski definition) is 4. The molecule has 1 aromatic carbocycles. The third-order valence-electron chi connectivity index (χ3n) is 3.94. The molecule has 5 nitrogen and oxygen atoms in total. The van der Waals surface area contributed by atoms with Crippen LogP contribution in [0.4, 0.5) is 0 Å². The van der Waals surface area contributed by atoms with E-state index in [4.69, 9.17) is 21.1 Å². The van der Waals surface area contributed by atoms with Gasteiger partial charge in [-0.25, -0.2) is 0 Å². The van der Waals surface area contributed by atoms with Gasteiger partial charge in [0, 0.05) is 18.7 Å². The summed E-state index contributed by atoms with van der Waals surface area (Å²) in [6.07, 6.45) is 1.92. The van der Waals surface area contributed by atoms with Gasteiger partial charge in [0.1, 0.15) is 0 Å². The van der Waals surface area contributed by atoms with Crippen molar-refractivity contribution < 1.29 is 14.3 Å². The molecule has 0 unspecified atom stereocenters. The SMILES string of the molecule is CCOc1c(Cl)cc(C(=O)N(C)C2CCNCC2)cc1OC.Cl. The zero-order chi connectivity index (χ0) is 16.1. The van der Waals surface area contributed by atoms with Crippen molar-refractivity contribution in [3.05, 3.63) is 22.7 Å². The van der Waals surface area contributed by atoms with E-state index >= 15 is 0 Å². The average Bonchev–Trinajstić information content (AvgIpc) is 2.56. The van der Waals surface area contributed by atoms with Crippen molar-refractivity contribution in [3.8, 4) is 11.5 Å². The first-order chi connectivity index (χ1) is 10.6. The lowest BCUT2D eigenvalue weighted by Crippen LogP contribution is -2.43. The molecule has 0 atom stereocenters. The number of amides is 1. The predicted octanol–water partition coefficient (Wildman–Crippen LogP) is 2.99. The smallest absolute Gasteiger partial charge is 0.254 e. The third kappa shape index (κ3) is 4.66. The van der Waals surface area contributed by atoms with Crippen LogP contribution in [0.3, 0.4) is 0 Å². The van der Waals surface area contributed by atoms with Crippen LogP contribution >= 0.6 is 24.0 Å². The van der Waals surface area contributed by atoms with Gasteiger partial charge in [0.05, 0.1) is 18.7 Å². The first-order valence-electron chi connectivity index (χ1n) is 7.56. The quantitative estimate of drug-likeness (QED) is 0.874. The summed E-state index contributed by atoms with van der Waals surface area (Å²) in [6.45, 7) is 4.24. The highest BCUT2D eigenvalue weighted by atomic mass is 35.5. The van der Waals surface area contributed by atoms with Crippen molar-refractivity contribution in [2.24, 2.45) is 0 Å². The number of carbonyl (C=O) groups is 1. The van der Waals surface area contributed by atoms with Crippen LogP contribution < -0.4 is 14.8 Å². The van der Waals surface area contributed by atoms with Crippen LogP contribution in [-0.2, 0) is 0 Å². The average molecular weight is 363 g/mol. The molecule has 1 heterocycles. The Labute approximate surface area is 148 Å². The van der Waals surface area contributed by atoms with Crippen LogP contribution in [-0.4, -0.2) is 50.7 Å². The van der Waals surface area contributed by atoms with Gasteiger partial charge in [0.25, 0.3) is 5.91 Å². The van der Waals surface area contributed by atoms with E-state index < -0.39 is 0 Å². The summed E-state index contributed by atoms with van der Waals surface area (Å²) in [6, 6.07) is 3.59. The van der Waals surface area contributed by atoms with Gasteiger partial charge >= 0.3 is 0 Å². The van der Waals surface area contributed by atoms with Gasteiger partial charge in [-0.3, -0.25) is 4.79 Å². The molecule has 0 aromatic heterocycles. The Morgan fingerprint density at radius 3 is 2.61 bits per heavy atom. The second kappa shape index (κ2) is 9.21. The largest absolute Gasteiger partial charge is 0.493 e. The Hall–Kier alpha value is -1.17. The number of nitrogens with one attached hydrogen (secondary N) is 1. The summed E-state index contributed by atoms with van der Waals surface area (Å²) < 4.78 is 10.8. The number of piperidine rings is 1. The number of nitrogens with zero attached hydrogens (tertiary/aromatic N) is 1. The Balaban J connectivity index is 0.00000264. The van der Waals surface area contributed by atoms with E-state index in [0.717, 1.165) is 25.9 Å². The van der Waals surface area contributed by atoms with Crippen molar-refractivity contribution in [1.29, 1.82) is 0 Å². The summed E-state index contributed by atoms with van der Waals surface area (Å²) in [5.41, 5.74) is 0.520. The predicted molar refractivity (Wildman–Crippen MR) is 94.4 cm³/mol. The lowest BCUT2D eigenvalue weighted by atomic mass is 10.0. The maximum absolute atomic E-state index is 12.7. The summed E-state index contributed by atoms with van der Waals surface area (Å²) in [4.78, 5) is 14.5. The maximum atomic E-state index is 12.7. The second-order valence-electron chi connectivity index (χ2n) is 5.32. The number of rotatable bonds is 5. The molecule has 0 bridgehead atoms. The van der Waals surface area contributed by atoms with E-state index in [9.17, 15) is 4.79 Å². The molecule has 2 rings (SSSR count). The Kier molecular flexibility index (Phi) is 7.95. The summed E-state index contributed by atoms with van der Waals surface area (Å²) in [5.74, 6) is 0.916. The minimum absolute atomic E-state index is 0. The van der Waals surface area contributed by atoms with Crippen molar-refractivity contribution >= 4 is 29.9 Å². The zero-order valence-corrected chi connectivity index (χ0v) is 15.3. The number of carbonyl (C=O) groups excluding carboxylic acids is 1. The fourth-order valence-corrected chi connectivity index (χ4v) is 2.96. The van der Waals surface area contributed by atoms with Gasteiger partial charge in [0.2, 0.25) is 0 Å². The Morgan fingerprint density at radius 2 is 2.04 bits per heavy atom. The van der Waals surface area contributed by atoms with E-state index in [1.54, 1.807) is 24.1 Å². The van der Waals surface area contributed by atoms with Crippen LogP contribution in [0.5, 0.6) is 11.5 Å². The van der Waals surface area contributed by atoms with Crippen molar-refractivity contribution in [1.82, 2.24) is 10.2 Å². The zero-order valence-electron chi connectivity index (χ0n) is 13.7. The maximum Gasteiger partial charge on any atom is 0.254 e. The molecule has 1 aliphatic rings. The first kappa shape index (κ1) is 19.9. The monoisotopic (exact) mass is 362 g/mol. The third-order valence-corrected chi connectivity index (χ3v) is 4.22. The normalized spacial score (nSPS) is 14.8. The van der Waals surface area contributed by atoms with E-state index in [-0.39, 0.29) is 24.4 Å². The molecule has 1 saturated heterocycles. The molecule has 23 heavy (non-hydrogen) atoms. The highest BCUT2D eigenvalue weighted by Gasteiger charge is 2.24. The summed E-state index contributed by atoms with van der Waals surface area (Å²) >= 11 is 6.24. The highest BCUT2D eigenvalue weighted by molar-refractivity contribution is 6.32. The fourth-order valence-electron chi connectivity index (χ4n) is 2.69. The van der Waals surface area contributed by atoms with E-state index in [0.29, 0.717) is 28.7 Å². The number of ether oxygens (including phenoxy) is 2. The number of halogens is 2. The standard InChI is InChI=1S/C16H23ClN2O3.ClH/c1-4-22-15-13(17)9-11(10-14(15)21-3)16(20)19(2)12-5-7-18-8-6-12;/h9-10,12,18H,4-8H2,1-3H3;1H. The molecule has 130 valence electrons. The van der Waals surface area contributed by atoms with Crippen LogP contribution in [0.15, 0.2) is 12.1 Å². The van der Waals surface area contributed by atoms with Gasteiger partial charge in [-0.2, -0.15) is 0 Å². The first-order valence-corrected chi connectivity index (χ1v) is 7.94. The minimum atomic E-state index is -0.0462. The molecular weight excluding hydrogens is 339 g/mol. The molecule has 1 aromatic rings. The van der Waals surface area contributed by atoms with Crippen LogP contribution in [0.2, 0.25) is 5.02 Å². The molecule has 0 spiro atoms. The molecule has 7 heteroatoms. The van der Waals surface area contributed by atoms with Crippen molar-refractivity contribution in [2.75, 3.05) is 33.9 Å². The molecule has 1 fully saturated rings. The molecule has 0 saturated carbocycles. The second-order valence-corrected chi connectivity index (χ2v) is 5.73. The van der Waals surface area contributed by atoms with Gasteiger partial charge in [0.15, 0.2) is 11.5 Å². The van der Waals surface area contributed by atoms with Gasteiger partial charge in [-0.1, -0.05) is 11.6 Å². The van der Waals surface area contributed by atoms with E-state index in [1.807, 2.05) is 14.0 Å².